The number of hydrogen-bond acceptors (Lipinski definition) is 3. The molecule has 0 unspecified atom stereocenters. The van der Waals surface area contributed by atoms with Crippen LogP contribution in [0.2, 0.25) is 5.02 Å². The SMILES string of the molecule is O=S(=O)(Cl)CCOc1cc(Br)ccc1Cl. The lowest BCUT2D eigenvalue weighted by molar-refractivity contribution is 0.341. The fourth-order valence-corrected chi connectivity index (χ4v) is 1.82. The largest absolute Gasteiger partial charge is 0.491 e. The van der Waals surface area contributed by atoms with Gasteiger partial charge in [0.1, 0.15) is 12.4 Å². The van der Waals surface area contributed by atoms with E-state index in [1.54, 1.807) is 18.2 Å². The van der Waals surface area contributed by atoms with E-state index >= 15 is 0 Å². The van der Waals surface area contributed by atoms with E-state index in [9.17, 15) is 8.42 Å². The van der Waals surface area contributed by atoms with Gasteiger partial charge in [0.05, 0.1) is 10.8 Å². The van der Waals surface area contributed by atoms with Gasteiger partial charge in [0, 0.05) is 15.2 Å². The summed E-state index contributed by atoms with van der Waals surface area (Å²) in [5.74, 6) is 0.170. The highest BCUT2D eigenvalue weighted by Gasteiger charge is 2.07. The Morgan fingerprint density at radius 1 is 1.40 bits per heavy atom. The van der Waals surface area contributed by atoms with E-state index in [0.29, 0.717) is 10.8 Å². The molecule has 0 atom stereocenters. The quantitative estimate of drug-likeness (QED) is 0.795. The Hall–Kier alpha value is 0.0300. The number of halogens is 3. The molecule has 0 aromatic heterocycles. The third-order valence-electron chi connectivity index (χ3n) is 1.48. The molecule has 0 saturated heterocycles. The lowest BCUT2D eigenvalue weighted by Crippen LogP contribution is -2.08. The summed E-state index contributed by atoms with van der Waals surface area (Å²) in [7, 11) is 1.50. The van der Waals surface area contributed by atoms with Crippen LogP contribution in [-0.2, 0) is 9.05 Å². The van der Waals surface area contributed by atoms with Crippen molar-refractivity contribution >= 4 is 47.3 Å². The highest BCUT2D eigenvalue weighted by atomic mass is 79.9. The van der Waals surface area contributed by atoms with Gasteiger partial charge in [-0.2, -0.15) is 0 Å². The molecule has 0 aliphatic carbocycles. The zero-order valence-corrected chi connectivity index (χ0v) is 11.3. The van der Waals surface area contributed by atoms with Gasteiger partial charge in [-0.3, -0.25) is 0 Å². The summed E-state index contributed by atoms with van der Waals surface area (Å²) in [6.45, 7) is -0.0258. The van der Waals surface area contributed by atoms with Crippen LogP contribution >= 0.6 is 38.2 Å². The maximum atomic E-state index is 10.6. The van der Waals surface area contributed by atoms with Crippen LogP contribution in [0.1, 0.15) is 0 Å². The molecule has 0 amide bonds. The van der Waals surface area contributed by atoms with Crippen molar-refractivity contribution in [3.05, 3.63) is 27.7 Å². The maximum Gasteiger partial charge on any atom is 0.235 e. The van der Waals surface area contributed by atoms with E-state index in [0.717, 1.165) is 4.47 Å². The van der Waals surface area contributed by atoms with E-state index in [1.165, 1.54) is 0 Å². The standard InChI is InChI=1S/C8H7BrCl2O3S/c9-6-1-2-7(10)8(5-6)14-3-4-15(11,12)13/h1-2,5H,3-4H2. The number of ether oxygens (including phenoxy) is 1. The fourth-order valence-electron chi connectivity index (χ4n) is 0.839. The van der Waals surface area contributed by atoms with Crippen molar-refractivity contribution < 1.29 is 13.2 Å². The predicted octanol–water partition coefficient (Wildman–Crippen LogP) is 3.05. The highest BCUT2D eigenvalue weighted by molar-refractivity contribution is 9.10. The highest BCUT2D eigenvalue weighted by Crippen LogP contribution is 2.27. The third kappa shape index (κ3) is 5.06. The lowest BCUT2D eigenvalue weighted by atomic mass is 10.3. The van der Waals surface area contributed by atoms with E-state index in [-0.39, 0.29) is 12.4 Å². The molecule has 1 aromatic rings. The average molecular weight is 334 g/mol. The molecule has 3 nitrogen and oxygen atoms in total. The minimum absolute atomic E-state index is 0.0258. The Kier molecular flexibility index (Phi) is 4.70. The van der Waals surface area contributed by atoms with Crippen LogP contribution in [0.5, 0.6) is 5.75 Å². The number of benzene rings is 1. The van der Waals surface area contributed by atoms with E-state index in [1.807, 2.05) is 0 Å². The minimum atomic E-state index is -3.52. The molecule has 0 heterocycles. The topological polar surface area (TPSA) is 43.4 Å². The Labute approximate surface area is 106 Å². The Morgan fingerprint density at radius 3 is 2.67 bits per heavy atom. The van der Waals surface area contributed by atoms with Gasteiger partial charge in [0.25, 0.3) is 0 Å². The first-order chi connectivity index (χ1) is 6.88. The molecule has 84 valence electrons. The summed E-state index contributed by atoms with van der Waals surface area (Å²) in [4.78, 5) is 0. The van der Waals surface area contributed by atoms with Crippen LogP contribution < -0.4 is 4.74 Å². The van der Waals surface area contributed by atoms with Crippen molar-refractivity contribution in [1.29, 1.82) is 0 Å². The maximum absolute atomic E-state index is 10.6. The van der Waals surface area contributed by atoms with E-state index in [4.69, 9.17) is 27.0 Å². The second-order valence-electron chi connectivity index (χ2n) is 2.67. The zero-order valence-electron chi connectivity index (χ0n) is 7.41. The summed E-state index contributed by atoms with van der Waals surface area (Å²) in [5.41, 5.74) is 0. The molecule has 0 spiro atoms. The second-order valence-corrected chi connectivity index (χ2v) is 6.89. The van der Waals surface area contributed by atoms with Gasteiger partial charge >= 0.3 is 0 Å². The monoisotopic (exact) mass is 332 g/mol. The van der Waals surface area contributed by atoms with Crippen LogP contribution in [0.4, 0.5) is 0 Å². The molecule has 0 bridgehead atoms. The van der Waals surface area contributed by atoms with Gasteiger partial charge < -0.3 is 4.74 Å². The summed E-state index contributed by atoms with van der Waals surface area (Å²) in [6, 6.07) is 5.06. The van der Waals surface area contributed by atoms with Crippen molar-refractivity contribution in [2.75, 3.05) is 12.4 Å². The van der Waals surface area contributed by atoms with E-state index in [2.05, 4.69) is 15.9 Å². The first-order valence-electron chi connectivity index (χ1n) is 3.89. The Morgan fingerprint density at radius 2 is 2.07 bits per heavy atom. The molecular weight excluding hydrogens is 327 g/mol. The van der Waals surface area contributed by atoms with Crippen molar-refractivity contribution in [2.45, 2.75) is 0 Å². The molecule has 1 aromatic carbocycles. The van der Waals surface area contributed by atoms with Gasteiger partial charge in [-0.25, -0.2) is 8.42 Å². The molecule has 0 saturated carbocycles. The van der Waals surface area contributed by atoms with Gasteiger partial charge in [0.15, 0.2) is 0 Å². The molecule has 0 aliphatic rings. The van der Waals surface area contributed by atoms with Crippen LogP contribution in [-0.4, -0.2) is 20.8 Å². The van der Waals surface area contributed by atoms with Crippen molar-refractivity contribution in [2.24, 2.45) is 0 Å². The van der Waals surface area contributed by atoms with Crippen LogP contribution in [0.25, 0.3) is 0 Å². The lowest BCUT2D eigenvalue weighted by Gasteiger charge is -2.06. The molecule has 0 N–H and O–H groups in total. The summed E-state index contributed by atoms with van der Waals surface area (Å²) < 4.78 is 27.2. The normalized spacial score (nSPS) is 11.4. The zero-order chi connectivity index (χ0) is 11.5. The first-order valence-corrected chi connectivity index (χ1v) is 7.53. The molecular formula is C8H7BrCl2O3S. The number of hydrogen-bond donors (Lipinski definition) is 0. The second kappa shape index (κ2) is 5.39. The minimum Gasteiger partial charge on any atom is -0.491 e. The van der Waals surface area contributed by atoms with Gasteiger partial charge in [-0.05, 0) is 18.2 Å². The first kappa shape index (κ1) is 13.1. The smallest absolute Gasteiger partial charge is 0.235 e. The van der Waals surface area contributed by atoms with Gasteiger partial charge in [-0.1, -0.05) is 27.5 Å². The van der Waals surface area contributed by atoms with Crippen molar-refractivity contribution in [3.63, 3.8) is 0 Å². The van der Waals surface area contributed by atoms with Crippen LogP contribution in [0.3, 0.4) is 0 Å². The van der Waals surface area contributed by atoms with Crippen LogP contribution in [0, 0.1) is 0 Å². The molecule has 0 radical (unpaired) electrons. The van der Waals surface area contributed by atoms with Gasteiger partial charge in [0.2, 0.25) is 9.05 Å². The molecule has 7 heteroatoms. The molecule has 15 heavy (non-hydrogen) atoms. The summed E-state index contributed by atoms with van der Waals surface area (Å²) in [5, 5.41) is 0.421. The van der Waals surface area contributed by atoms with Crippen molar-refractivity contribution in [3.8, 4) is 5.75 Å². The van der Waals surface area contributed by atoms with Crippen LogP contribution in [0.15, 0.2) is 22.7 Å². The van der Waals surface area contributed by atoms with E-state index < -0.39 is 9.05 Å². The summed E-state index contributed by atoms with van der Waals surface area (Å²) >= 11 is 9.06. The predicted molar refractivity (Wildman–Crippen MR) is 64.3 cm³/mol. The molecule has 1 rings (SSSR count). The fraction of sp³-hybridized carbons (Fsp3) is 0.250. The van der Waals surface area contributed by atoms with Gasteiger partial charge in [-0.15, -0.1) is 0 Å². The third-order valence-corrected chi connectivity index (χ3v) is 3.40. The number of rotatable bonds is 4. The molecule has 0 aliphatic heterocycles. The summed E-state index contributed by atoms with van der Waals surface area (Å²) in [6.07, 6.45) is 0. The Balaban J connectivity index is 2.61. The average Bonchev–Trinajstić information content (AvgIpc) is 2.09. The molecule has 0 fully saturated rings. The van der Waals surface area contributed by atoms with Crippen molar-refractivity contribution in [1.82, 2.24) is 0 Å². The Bertz CT molecular complexity index is 447.